The lowest BCUT2D eigenvalue weighted by molar-refractivity contribution is -0.0523. The highest BCUT2D eigenvalue weighted by molar-refractivity contribution is 7.89. The quantitative estimate of drug-likeness (QED) is 0.819. The minimum atomic E-state index is -3.84. The zero-order valence-corrected chi connectivity index (χ0v) is 14.9. The van der Waals surface area contributed by atoms with Crippen LogP contribution in [0.25, 0.3) is 0 Å². The number of aromatic nitrogens is 1. The maximum Gasteiger partial charge on any atom is 0.272 e. The van der Waals surface area contributed by atoms with E-state index in [-0.39, 0.29) is 29.5 Å². The Bertz CT molecular complexity index is 968. The van der Waals surface area contributed by atoms with Crippen LogP contribution in [0.5, 0.6) is 0 Å². The minimum absolute atomic E-state index is 0.0464. The summed E-state index contributed by atoms with van der Waals surface area (Å²) < 4.78 is 60.0. The molecule has 0 spiro atoms. The summed E-state index contributed by atoms with van der Waals surface area (Å²) in [7, 11) is -2.33. The van der Waals surface area contributed by atoms with Crippen molar-refractivity contribution < 1.29 is 26.7 Å². The predicted octanol–water partition coefficient (Wildman–Crippen LogP) is 1.62. The summed E-state index contributed by atoms with van der Waals surface area (Å²) in [4.78, 5) is 12.3. The van der Waals surface area contributed by atoms with Crippen molar-refractivity contribution in [2.75, 3.05) is 18.5 Å². The van der Waals surface area contributed by atoms with E-state index in [2.05, 4.69) is 10.0 Å². The summed E-state index contributed by atoms with van der Waals surface area (Å²) in [6.07, 6.45) is 1.30. The van der Waals surface area contributed by atoms with Gasteiger partial charge < -0.3 is 14.6 Å². The van der Waals surface area contributed by atoms with E-state index < -0.39 is 33.1 Å². The highest BCUT2D eigenvalue weighted by atomic mass is 32.2. The summed E-state index contributed by atoms with van der Waals surface area (Å²) in [5.41, 5.74) is -0.579. The van der Waals surface area contributed by atoms with E-state index in [0.717, 1.165) is 12.1 Å². The van der Waals surface area contributed by atoms with Gasteiger partial charge in [0.1, 0.15) is 10.6 Å². The Labute approximate surface area is 149 Å². The third-order valence-corrected chi connectivity index (χ3v) is 5.53. The molecule has 26 heavy (non-hydrogen) atoms. The van der Waals surface area contributed by atoms with Crippen LogP contribution in [0, 0.1) is 11.6 Å². The number of nitrogens with zero attached hydrogens (tertiary/aromatic N) is 1. The van der Waals surface area contributed by atoms with Gasteiger partial charge in [-0.1, -0.05) is 0 Å². The Kier molecular flexibility index (Phi) is 4.59. The lowest BCUT2D eigenvalue weighted by Crippen LogP contribution is -2.59. The number of amides is 1. The molecule has 1 aromatic carbocycles. The first-order valence-electron chi connectivity index (χ1n) is 7.64. The van der Waals surface area contributed by atoms with Gasteiger partial charge in [-0.15, -0.1) is 0 Å². The van der Waals surface area contributed by atoms with Gasteiger partial charge in [-0.2, -0.15) is 0 Å². The number of nitrogens with one attached hydrogen (secondary N) is 2. The first kappa shape index (κ1) is 18.5. The molecule has 140 valence electrons. The zero-order chi connectivity index (χ0) is 19.1. The maximum absolute atomic E-state index is 13.2. The first-order chi connectivity index (χ1) is 12.1. The number of hydrogen-bond donors (Lipinski definition) is 2. The molecule has 0 radical (unpaired) electrons. The predicted molar refractivity (Wildman–Crippen MR) is 89.3 cm³/mol. The number of sulfonamides is 1. The number of carbonyl (C=O) groups excluding carboxylic acids is 1. The topological polar surface area (TPSA) is 89.4 Å². The molecule has 7 nitrogen and oxygen atoms in total. The molecule has 0 unspecified atom stereocenters. The van der Waals surface area contributed by atoms with Crippen molar-refractivity contribution in [2.24, 2.45) is 7.05 Å². The number of benzene rings is 1. The normalized spacial score (nSPS) is 16.2. The molecule has 1 aromatic heterocycles. The smallest absolute Gasteiger partial charge is 0.272 e. The van der Waals surface area contributed by atoms with Gasteiger partial charge in [0.15, 0.2) is 11.6 Å². The first-order valence-corrected chi connectivity index (χ1v) is 9.12. The van der Waals surface area contributed by atoms with Crippen molar-refractivity contribution in [1.29, 1.82) is 0 Å². The standard InChI is InChI=1S/C16H17F2N3O4S/c1-16(8-25-9-16)20-26(23,24)11-6-14(21(2)7-11)15(22)19-10-3-4-12(17)13(18)5-10/h3-7,20H,8-9H2,1-2H3,(H,19,22). The van der Waals surface area contributed by atoms with Gasteiger partial charge in [0.25, 0.3) is 5.91 Å². The fourth-order valence-corrected chi connectivity index (χ4v) is 3.97. The molecule has 1 aliphatic heterocycles. The zero-order valence-electron chi connectivity index (χ0n) is 14.0. The fourth-order valence-electron chi connectivity index (χ4n) is 2.53. The molecule has 1 saturated heterocycles. The fraction of sp³-hybridized carbons (Fsp3) is 0.312. The summed E-state index contributed by atoms with van der Waals surface area (Å²) >= 11 is 0. The van der Waals surface area contributed by atoms with Crippen LogP contribution in [-0.2, 0) is 21.8 Å². The second kappa shape index (κ2) is 6.45. The lowest BCUT2D eigenvalue weighted by atomic mass is 10.0. The molecule has 2 heterocycles. The molecular formula is C16H17F2N3O4S. The van der Waals surface area contributed by atoms with Crippen molar-refractivity contribution >= 4 is 21.6 Å². The van der Waals surface area contributed by atoms with Crippen LogP contribution in [0.3, 0.4) is 0 Å². The average molecular weight is 385 g/mol. The van der Waals surface area contributed by atoms with Crippen LogP contribution in [0.4, 0.5) is 14.5 Å². The van der Waals surface area contributed by atoms with E-state index in [1.54, 1.807) is 6.92 Å². The minimum Gasteiger partial charge on any atom is -0.377 e. The van der Waals surface area contributed by atoms with Crippen LogP contribution < -0.4 is 10.0 Å². The van der Waals surface area contributed by atoms with Gasteiger partial charge in [0.2, 0.25) is 10.0 Å². The van der Waals surface area contributed by atoms with Crippen molar-refractivity contribution in [3.8, 4) is 0 Å². The summed E-state index contributed by atoms with van der Waals surface area (Å²) in [6.45, 7) is 2.25. The van der Waals surface area contributed by atoms with Gasteiger partial charge in [0.05, 0.1) is 18.8 Å². The maximum atomic E-state index is 13.2. The van der Waals surface area contributed by atoms with E-state index >= 15 is 0 Å². The number of hydrogen-bond acceptors (Lipinski definition) is 4. The summed E-state index contributed by atoms with van der Waals surface area (Å²) in [6, 6.07) is 4.14. The van der Waals surface area contributed by atoms with Crippen LogP contribution in [-0.4, -0.2) is 37.6 Å². The Morgan fingerprint density at radius 2 is 1.92 bits per heavy atom. The van der Waals surface area contributed by atoms with Gasteiger partial charge in [-0.25, -0.2) is 21.9 Å². The van der Waals surface area contributed by atoms with Crippen LogP contribution in [0.1, 0.15) is 17.4 Å². The molecule has 0 saturated carbocycles. The SMILES string of the molecule is Cn1cc(S(=O)(=O)NC2(C)COC2)cc1C(=O)Nc1ccc(F)c(F)c1. The van der Waals surface area contributed by atoms with Crippen LogP contribution in [0.15, 0.2) is 35.4 Å². The third-order valence-electron chi connectivity index (χ3n) is 3.92. The molecule has 0 atom stereocenters. The summed E-state index contributed by atoms with van der Waals surface area (Å²) in [5.74, 6) is -2.79. The molecular weight excluding hydrogens is 368 g/mol. The number of carbonyl (C=O) groups is 1. The van der Waals surface area contributed by atoms with Gasteiger partial charge in [-0.3, -0.25) is 4.79 Å². The summed E-state index contributed by atoms with van der Waals surface area (Å²) in [5, 5.41) is 2.40. The van der Waals surface area contributed by atoms with Gasteiger partial charge >= 0.3 is 0 Å². The Morgan fingerprint density at radius 3 is 2.50 bits per heavy atom. The number of ether oxygens (including phenoxy) is 1. The molecule has 2 N–H and O–H groups in total. The molecule has 1 fully saturated rings. The monoisotopic (exact) mass is 385 g/mol. The number of aryl methyl sites for hydroxylation is 1. The highest BCUT2D eigenvalue weighted by Crippen LogP contribution is 2.22. The Morgan fingerprint density at radius 1 is 1.23 bits per heavy atom. The van der Waals surface area contributed by atoms with Gasteiger partial charge in [0, 0.05) is 25.0 Å². The number of rotatable bonds is 5. The van der Waals surface area contributed by atoms with E-state index in [1.807, 2.05) is 0 Å². The van der Waals surface area contributed by atoms with Gasteiger partial charge in [-0.05, 0) is 25.1 Å². The van der Waals surface area contributed by atoms with E-state index in [4.69, 9.17) is 4.74 Å². The van der Waals surface area contributed by atoms with Crippen molar-refractivity contribution in [1.82, 2.24) is 9.29 Å². The van der Waals surface area contributed by atoms with Crippen molar-refractivity contribution in [3.05, 3.63) is 47.8 Å². The molecule has 3 rings (SSSR count). The van der Waals surface area contributed by atoms with Crippen molar-refractivity contribution in [3.63, 3.8) is 0 Å². The molecule has 1 aliphatic rings. The lowest BCUT2D eigenvalue weighted by Gasteiger charge is -2.38. The molecule has 0 bridgehead atoms. The third kappa shape index (κ3) is 3.62. The van der Waals surface area contributed by atoms with Crippen molar-refractivity contribution in [2.45, 2.75) is 17.4 Å². The van der Waals surface area contributed by atoms with E-state index in [1.165, 1.54) is 29.9 Å². The Balaban J connectivity index is 1.80. The largest absolute Gasteiger partial charge is 0.377 e. The van der Waals surface area contributed by atoms with Crippen LogP contribution in [0.2, 0.25) is 0 Å². The highest BCUT2D eigenvalue weighted by Gasteiger charge is 2.38. The van der Waals surface area contributed by atoms with Crippen LogP contribution >= 0.6 is 0 Å². The molecule has 10 heteroatoms. The number of anilines is 1. The average Bonchev–Trinajstić information content (AvgIpc) is 2.92. The second-order valence-electron chi connectivity index (χ2n) is 6.41. The Hall–Kier alpha value is -2.30. The van der Waals surface area contributed by atoms with E-state index in [0.29, 0.717) is 0 Å². The molecule has 1 amide bonds. The van der Waals surface area contributed by atoms with E-state index in [9.17, 15) is 22.0 Å². The molecule has 0 aliphatic carbocycles. The second-order valence-corrected chi connectivity index (χ2v) is 8.10. The number of halogens is 2. The molecule has 2 aromatic rings.